The molecule has 3 aliphatic heterocycles. The third-order valence-corrected chi connectivity index (χ3v) is 4.17. The van der Waals surface area contributed by atoms with Crippen LogP contribution < -0.4 is 0 Å². The number of ketones is 1. The van der Waals surface area contributed by atoms with E-state index in [4.69, 9.17) is 4.74 Å². The van der Waals surface area contributed by atoms with Crippen molar-refractivity contribution in [3.8, 4) is 0 Å². The van der Waals surface area contributed by atoms with Crippen molar-refractivity contribution in [2.45, 2.75) is 37.8 Å². The highest BCUT2D eigenvalue weighted by Crippen LogP contribution is 2.45. The number of aliphatic hydroxyl groups excluding tert-OH is 1. The van der Waals surface area contributed by atoms with Gasteiger partial charge in [-0.05, 0) is 26.7 Å². The first-order valence-electron chi connectivity index (χ1n) is 5.90. The summed E-state index contributed by atoms with van der Waals surface area (Å²) < 4.78 is 5.17. The number of rotatable bonds is 3. The van der Waals surface area contributed by atoms with Crippen LogP contribution in [0.3, 0.4) is 0 Å². The van der Waals surface area contributed by atoms with Gasteiger partial charge in [0.15, 0.2) is 5.78 Å². The Morgan fingerprint density at radius 1 is 1.56 bits per heavy atom. The second-order valence-corrected chi connectivity index (χ2v) is 5.64. The van der Waals surface area contributed by atoms with Gasteiger partial charge in [-0.2, -0.15) is 0 Å². The van der Waals surface area contributed by atoms with Crippen LogP contribution in [0.4, 0.5) is 0 Å². The first-order valence-corrected chi connectivity index (χ1v) is 5.90. The van der Waals surface area contributed by atoms with Crippen LogP contribution in [0.1, 0.15) is 26.7 Å². The third-order valence-electron chi connectivity index (χ3n) is 4.17. The van der Waals surface area contributed by atoms with Crippen LogP contribution in [-0.2, 0) is 9.53 Å². The fraction of sp³-hybridized carbons (Fsp3) is 0.917. The Bertz CT molecular complexity index is 303. The van der Waals surface area contributed by atoms with Crippen LogP contribution >= 0.6 is 0 Å². The van der Waals surface area contributed by atoms with Crippen molar-refractivity contribution < 1.29 is 14.6 Å². The molecular weight excluding hydrogens is 206 g/mol. The first-order chi connectivity index (χ1) is 7.48. The van der Waals surface area contributed by atoms with Crippen molar-refractivity contribution in [1.29, 1.82) is 0 Å². The summed E-state index contributed by atoms with van der Waals surface area (Å²) in [4.78, 5) is 14.5. The lowest BCUT2D eigenvalue weighted by atomic mass is 9.66. The van der Waals surface area contributed by atoms with E-state index in [0.717, 1.165) is 19.4 Å². The standard InChI is InChI=1S/C12H21NO3/c1-11(2)6-9-4-5-13(11)12(7-14,8-16-3)10(9)15/h9,14H,4-8H2,1-3H3/t9-,12+/m1/s1. The predicted molar refractivity (Wildman–Crippen MR) is 60.2 cm³/mol. The minimum Gasteiger partial charge on any atom is -0.394 e. The molecule has 4 heteroatoms. The van der Waals surface area contributed by atoms with Crippen molar-refractivity contribution in [1.82, 2.24) is 4.90 Å². The van der Waals surface area contributed by atoms with Gasteiger partial charge in [0.1, 0.15) is 5.54 Å². The zero-order valence-corrected chi connectivity index (χ0v) is 10.3. The number of nitrogens with zero attached hydrogens (tertiary/aromatic N) is 1. The summed E-state index contributed by atoms with van der Waals surface area (Å²) in [6.07, 6.45) is 1.82. The van der Waals surface area contributed by atoms with E-state index < -0.39 is 5.54 Å². The van der Waals surface area contributed by atoms with Gasteiger partial charge < -0.3 is 9.84 Å². The van der Waals surface area contributed by atoms with Gasteiger partial charge in [-0.1, -0.05) is 0 Å². The molecule has 0 amide bonds. The maximum absolute atomic E-state index is 12.3. The number of hydrogen-bond donors (Lipinski definition) is 1. The summed E-state index contributed by atoms with van der Waals surface area (Å²) in [6, 6.07) is 0. The van der Waals surface area contributed by atoms with E-state index in [2.05, 4.69) is 18.7 Å². The van der Waals surface area contributed by atoms with E-state index in [9.17, 15) is 9.90 Å². The second kappa shape index (κ2) is 3.79. The third kappa shape index (κ3) is 1.44. The lowest BCUT2D eigenvalue weighted by Crippen LogP contribution is -2.75. The van der Waals surface area contributed by atoms with Gasteiger partial charge >= 0.3 is 0 Å². The number of hydrogen-bond acceptors (Lipinski definition) is 4. The van der Waals surface area contributed by atoms with E-state index in [0.29, 0.717) is 6.61 Å². The number of fused-ring (bicyclic) bond motifs is 3. The fourth-order valence-electron chi connectivity index (χ4n) is 3.53. The average Bonchev–Trinajstić information content (AvgIpc) is 2.23. The molecule has 0 aromatic carbocycles. The smallest absolute Gasteiger partial charge is 0.161 e. The molecule has 4 nitrogen and oxygen atoms in total. The van der Waals surface area contributed by atoms with Crippen molar-refractivity contribution in [3.05, 3.63) is 0 Å². The number of methoxy groups -OCH3 is 1. The number of piperidine rings is 3. The molecule has 0 aliphatic carbocycles. The maximum atomic E-state index is 12.3. The minimum absolute atomic E-state index is 0.0158. The summed E-state index contributed by atoms with van der Waals surface area (Å²) in [6.45, 7) is 5.33. The molecule has 3 fully saturated rings. The van der Waals surface area contributed by atoms with E-state index in [1.165, 1.54) is 0 Å². The summed E-state index contributed by atoms with van der Waals surface area (Å²) >= 11 is 0. The van der Waals surface area contributed by atoms with Crippen LogP contribution in [0.2, 0.25) is 0 Å². The maximum Gasteiger partial charge on any atom is 0.161 e. The number of aliphatic hydroxyl groups is 1. The SMILES string of the molecule is COC[C@@]1(CO)C(=O)[C@@H]2CCN1C(C)(C)C2. The first kappa shape index (κ1) is 12.0. The normalized spacial score (nSPS) is 41.4. The molecule has 3 aliphatic rings. The van der Waals surface area contributed by atoms with E-state index in [1.54, 1.807) is 7.11 Å². The number of Topliss-reactive ketones (excluding diaryl/α,β-unsaturated/α-hetero) is 1. The van der Waals surface area contributed by atoms with Crippen LogP contribution in [0.25, 0.3) is 0 Å². The largest absolute Gasteiger partial charge is 0.394 e. The Morgan fingerprint density at radius 2 is 2.25 bits per heavy atom. The highest BCUT2D eigenvalue weighted by atomic mass is 16.5. The summed E-state index contributed by atoms with van der Waals surface area (Å²) in [5.74, 6) is 0.268. The molecule has 0 radical (unpaired) electrons. The Balaban J connectivity index is 2.39. The van der Waals surface area contributed by atoms with Gasteiger partial charge in [0.05, 0.1) is 13.2 Å². The van der Waals surface area contributed by atoms with Crippen LogP contribution in [-0.4, -0.2) is 53.7 Å². The predicted octanol–water partition coefficient (Wildman–Crippen LogP) is 0.437. The minimum atomic E-state index is -0.792. The molecule has 16 heavy (non-hydrogen) atoms. The highest BCUT2D eigenvalue weighted by Gasteiger charge is 2.59. The van der Waals surface area contributed by atoms with Gasteiger partial charge in [-0.15, -0.1) is 0 Å². The van der Waals surface area contributed by atoms with Crippen LogP contribution in [0, 0.1) is 5.92 Å². The Morgan fingerprint density at radius 3 is 2.75 bits per heavy atom. The lowest BCUT2D eigenvalue weighted by Gasteiger charge is -2.59. The monoisotopic (exact) mass is 227 g/mol. The van der Waals surface area contributed by atoms with Gasteiger partial charge in [-0.3, -0.25) is 9.69 Å². The summed E-state index contributed by atoms with van der Waals surface area (Å²) in [5.41, 5.74) is -0.808. The Labute approximate surface area is 96.6 Å². The summed E-state index contributed by atoms with van der Waals surface area (Å²) in [7, 11) is 1.58. The van der Waals surface area contributed by atoms with Crippen molar-refractivity contribution in [2.24, 2.45) is 5.92 Å². The molecule has 0 aromatic rings. The van der Waals surface area contributed by atoms with Gasteiger partial charge in [0, 0.05) is 25.1 Å². The highest BCUT2D eigenvalue weighted by molar-refractivity contribution is 5.92. The van der Waals surface area contributed by atoms with Gasteiger partial charge in [0.25, 0.3) is 0 Å². The van der Waals surface area contributed by atoms with E-state index in [1.807, 2.05) is 0 Å². The van der Waals surface area contributed by atoms with Gasteiger partial charge in [0.2, 0.25) is 0 Å². The molecule has 1 unspecified atom stereocenters. The Hall–Kier alpha value is -0.450. The lowest BCUT2D eigenvalue weighted by molar-refractivity contribution is -0.176. The zero-order valence-electron chi connectivity index (χ0n) is 10.3. The molecule has 0 spiro atoms. The number of ether oxygens (including phenoxy) is 1. The van der Waals surface area contributed by atoms with Crippen molar-refractivity contribution >= 4 is 5.78 Å². The molecule has 92 valence electrons. The molecule has 0 aromatic heterocycles. The molecule has 3 rings (SSSR count). The summed E-state index contributed by atoms with van der Waals surface area (Å²) in [5, 5.41) is 9.65. The topological polar surface area (TPSA) is 49.8 Å². The van der Waals surface area contributed by atoms with Crippen molar-refractivity contribution in [3.63, 3.8) is 0 Å². The van der Waals surface area contributed by atoms with Gasteiger partial charge in [-0.25, -0.2) is 0 Å². The fourth-order valence-corrected chi connectivity index (χ4v) is 3.53. The van der Waals surface area contributed by atoms with Crippen LogP contribution in [0.15, 0.2) is 0 Å². The van der Waals surface area contributed by atoms with Crippen molar-refractivity contribution in [2.75, 3.05) is 26.9 Å². The average molecular weight is 227 g/mol. The quantitative estimate of drug-likeness (QED) is 0.760. The molecule has 2 bridgehead atoms. The molecule has 1 N–H and O–H groups in total. The zero-order chi connectivity index (χ0) is 12.0. The number of carbonyl (C=O) groups is 1. The van der Waals surface area contributed by atoms with Crippen LogP contribution in [0.5, 0.6) is 0 Å². The second-order valence-electron chi connectivity index (χ2n) is 5.64. The Kier molecular flexibility index (Phi) is 2.85. The molecule has 0 saturated carbocycles. The molecule has 3 saturated heterocycles. The molecule has 3 atom stereocenters. The molecular formula is C12H21NO3. The number of carbonyl (C=O) groups excluding carboxylic acids is 1. The van der Waals surface area contributed by atoms with E-state index >= 15 is 0 Å². The molecule has 3 heterocycles. The van der Waals surface area contributed by atoms with E-state index in [-0.39, 0.29) is 23.8 Å².